The molecule has 1 unspecified atom stereocenters. The second-order valence-corrected chi connectivity index (χ2v) is 10.0. The van der Waals surface area contributed by atoms with Gasteiger partial charge in [-0.25, -0.2) is 4.79 Å². The van der Waals surface area contributed by atoms with E-state index < -0.39 is 29.0 Å². The van der Waals surface area contributed by atoms with Gasteiger partial charge in [0.2, 0.25) is 5.38 Å². The van der Waals surface area contributed by atoms with Gasteiger partial charge < -0.3 is 19.5 Å². The zero-order chi connectivity index (χ0) is 30.3. The lowest BCUT2D eigenvalue weighted by molar-refractivity contribution is -0.143. The zero-order valence-corrected chi connectivity index (χ0v) is 24.2. The Morgan fingerprint density at radius 1 is 0.878 bits per heavy atom. The lowest BCUT2D eigenvalue weighted by Gasteiger charge is -2.14. The lowest BCUT2D eigenvalue weighted by atomic mass is 10.1. The van der Waals surface area contributed by atoms with Crippen LogP contribution in [0.5, 0.6) is 11.5 Å². The molecule has 1 atom stereocenters. The molecule has 1 N–H and O–H groups in total. The van der Waals surface area contributed by atoms with Gasteiger partial charge in [0.15, 0.2) is 0 Å². The molecule has 0 aliphatic heterocycles. The standard InChI is InChI=1S/C29H34Cl2F3NO6/c1-2-39-25(36)11-9-7-5-3-4-6-8-10-18-40-21-13-15-22(16-14-21)41-28(38)26(31)27(37)35-24-19-20(29(32,33)34)12-17-23(24)30/h12-17,19,26H,2-11,18H2,1H3,(H,35,37). The first kappa shape index (κ1) is 34.2. The van der Waals surface area contributed by atoms with Crippen molar-refractivity contribution in [3.8, 4) is 11.5 Å². The Bertz CT molecular complexity index is 1130. The van der Waals surface area contributed by atoms with Crippen LogP contribution in [0.2, 0.25) is 5.02 Å². The number of esters is 2. The van der Waals surface area contributed by atoms with Crippen LogP contribution in [0.3, 0.4) is 0 Å². The van der Waals surface area contributed by atoms with Crippen LogP contribution in [-0.4, -0.2) is 36.4 Å². The Balaban J connectivity index is 1.64. The first-order chi connectivity index (χ1) is 19.5. The van der Waals surface area contributed by atoms with Gasteiger partial charge in [0, 0.05) is 6.42 Å². The fraction of sp³-hybridized carbons (Fsp3) is 0.483. The number of nitrogens with one attached hydrogen (secondary N) is 1. The van der Waals surface area contributed by atoms with Crippen LogP contribution in [0.1, 0.15) is 70.3 Å². The molecule has 0 saturated heterocycles. The molecule has 0 fully saturated rings. The highest BCUT2D eigenvalue weighted by Gasteiger charge is 2.32. The number of unbranched alkanes of at least 4 members (excludes halogenated alkanes) is 7. The minimum absolute atomic E-state index is 0.111. The van der Waals surface area contributed by atoms with Crippen LogP contribution in [0.4, 0.5) is 18.9 Å². The maximum Gasteiger partial charge on any atom is 0.416 e. The van der Waals surface area contributed by atoms with Crippen molar-refractivity contribution in [1.82, 2.24) is 0 Å². The third kappa shape index (κ3) is 13.0. The molecule has 41 heavy (non-hydrogen) atoms. The van der Waals surface area contributed by atoms with Crippen molar-refractivity contribution in [2.24, 2.45) is 0 Å². The molecule has 1 amide bonds. The molecule has 2 rings (SSSR count). The quantitative estimate of drug-likeness (QED) is 0.0635. The maximum atomic E-state index is 12.9. The van der Waals surface area contributed by atoms with E-state index in [2.05, 4.69) is 5.32 Å². The molecule has 12 heteroatoms. The average Bonchev–Trinajstić information content (AvgIpc) is 2.92. The summed E-state index contributed by atoms with van der Waals surface area (Å²) in [4.78, 5) is 35.9. The Kier molecular flexibility index (Phi) is 14.8. The topological polar surface area (TPSA) is 90.9 Å². The van der Waals surface area contributed by atoms with Crippen molar-refractivity contribution in [2.75, 3.05) is 18.5 Å². The summed E-state index contributed by atoms with van der Waals surface area (Å²) in [5.41, 5.74) is -1.36. The molecule has 0 aromatic heterocycles. The van der Waals surface area contributed by atoms with Crippen molar-refractivity contribution in [3.05, 3.63) is 53.1 Å². The number of carbonyl (C=O) groups is 3. The van der Waals surface area contributed by atoms with Gasteiger partial charge in [0.05, 0.1) is 29.5 Å². The predicted octanol–water partition coefficient (Wildman–Crippen LogP) is 7.96. The molecule has 2 aromatic rings. The fourth-order valence-electron chi connectivity index (χ4n) is 3.73. The molecule has 7 nitrogen and oxygen atoms in total. The number of alkyl halides is 4. The van der Waals surface area contributed by atoms with Crippen LogP contribution in [-0.2, 0) is 25.3 Å². The summed E-state index contributed by atoms with van der Waals surface area (Å²) in [7, 11) is 0. The summed E-state index contributed by atoms with van der Waals surface area (Å²) in [5.74, 6) is -1.64. The molecule has 0 radical (unpaired) electrons. The highest BCUT2D eigenvalue weighted by atomic mass is 35.5. The van der Waals surface area contributed by atoms with Crippen molar-refractivity contribution < 1.29 is 41.8 Å². The molecular weight excluding hydrogens is 586 g/mol. The number of benzene rings is 2. The van der Waals surface area contributed by atoms with Gasteiger partial charge in [-0.1, -0.05) is 61.7 Å². The second-order valence-electron chi connectivity index (χ2n) is 9.17. The number of amides is 1. The molecule has 0 saturated carbocycles. The number of rotatable bonds is 17. The number of hydrogen-bond donors (Lipinski definition) is 1. The highest BCUT2D eigenvalue weighted by molar-refractivity contribution is 6.43. The maximum absolute atomic E-state index is 12.9. The van der Waals surface area contributed by atoms with Gasteiger partial charge in [-0.3, -0.25) is 9.59 Å². The van der Waals surface area contributed by atoms with Crippen LogP contribution in [0.15, 0.2) is 42.5 Å². The Labute approximate surface area is 247 Å². The van der Waals surface area contributed by atoms with E-state index in [1.165, 1.54) is 12.1 Å². The van der Waals surface area contributed by atoms with E-state index in [4.69, 9.17) is 37.4 Å². The van der Waals surface area contributed by atoms with Gasteiger partial charge in [-0.2, -0.15) is 13.2 Å². The molecule has 0 aliphatic rings. The molecule has 2 aromatic carbocycles. The first-order valence-electron chi connectivity index (χ1n) is 13.4. The van der Waals surface area contributed by atoms with Crippen molar-refractivity contribution >= 4 is 46.7 Å². The number of halogens is 5. The Morgan fingerprint density at radius 3 is 2.07 bits per heavy atom. The van der Waals surface area contributed by atoms with Crippen molar-refractivity contribution in [3.63, 3.8) is 0 Å². The molecular formula is C29H34Cl2F3NO6. The minimum Gasteiger partial charge on any atom is -0.494 e. The smallest absolute Gasteiger partial charge is 0.416 e. The highest BCUT2D eigenvalue weighted by Crippen LogP contribution is 2.34. The third-order valence-electron chi connectivity index (χ3n) is 5.88. The third-order valence-corrected chi connectivity index (χ3v) is 6.59. The van der Waals surface area contributed by atoms with E-state index in [-0.39, 0.29) is 22.4 Å². The molecule has 0 heterocycles. The van der Waals surface area contributed by atoms with E-state index in [0.29, 0.717) is 31.5 Å². The van der Waals surface area contributed by atoms with Gasteiger partial charge in [0.1, 0.15) is 11.5 Å². The summed E-state index contributed by atoms with van der Waals surface area (Å²) >= 11 is 11.7. The normalized spacial score (nSPS) is 12.0. The van der Waals surface area contributed by atoms with E-state index >= 15 is 0 Å². The van der Waals surface area contributed by atoms with Gasteiger partial charge >= 0.3 is 18.1 Å². The minimum atomic E-state index is -4.64. The van der Waals surface area contributed by atoms with Crippen LogP contribution in [0.25, 0.3) is 0 Å². The van der Waals surface area contributed by atoms with Crippen LogP contribution >= 0.6 is 23.2 Å². The number of carbonyl (C=O) groups excluding carboxylic acids is 3. The lowest BCUT2D eigenvalue weighted by Crippen LogP contribution is -2.33. The van der Waals surface area contributed by atoms with Crippen LogP contribution < -0.4 is 14.8 Å². The largest absolute Gasteiger partial charge is 0.494 e. The van der Waals surface area contributed by atoms with Gasteiger partial charge in [-0.15, -0.1) is 0 Å². The van der Waals surface area contributed by atoms with Crippen LogP contribution in [0, 0.1) is 0 Å². The second kappa shape index (κ2) is 17.7. The Hall–Kier alpha value is -2.98. The van der Waals surface area contributed by atoms with E-state index in [0.717, 1.165) is 63.5 Å². The Morgan fingerprint density at radius 2 is 1.46 bits per heavy atom. The molecule has 0 aliphatic carbocycles. The summed E-state index contributed by atoms with van der Waals surface area (Å²) < 4.78 is 54.5. The summed E-state index contributed by atoms with van der Waals surface area (Å²) in [6, 6.07) is 8.54. The fourth-order valence-corrected chi connectivity index (χ4v) is 3.99. The van der Waals surface area contributed by atoms with E-state index in [9.17, 15) is 27.6 Å². The number of ether oxygens (including phenoxy) is 3. The monoisotopic (exact) mass is 619 g/mol. The van der Waals surface area contributed by atoms with Crippen molar-refractivity contribution in [1.29, 1.82) is 0 Å². The van der Waals surface area contributed by atoms with Crippen molar-refractivity contribution in [2.45, 2.75) is 76.3 Å². The summed E-state index contributed by atoms with van der Waals surface area (Å²) in [5, 5.41) is 0.133. The predicted molar refractivity (Wildman–Crippen MR) is 150 cm³/mol. The van der Waals surface area contributed by atoms with Gasteiger partial charge in [0.25, 0.3) is 5.91 Å². The molecule has 0 spiro atoms. The molecule has 226 valence electrons. The summed E-state index contributed by atoms with van der Waals surface area (Å²) in [6.45, 7) is 2.76. The summed E-state index contributed by atoms with van der Waals surface area (Å²) in [6.07, 6.45) is 4.12. The van der Waals surface area contributed by atoms with Gasteiger partial charge in [-0.05, 0) is 62.2 Å². The average molecular weight is 620 g/mol. The number of anilines is 1. The van der Waals surface area contributed by atoms with E-state index in [1.807, 2.05) is 0 Å². The molecule has 0 bridgehead atoms. The SMILES string of the molecule is CCOC(=O)CCCCCCCCCCOc1ccc(OC(=O)C(Cl)C(=O)Nc2cc(C(F)(F)F)ccc2Cl)cc1. The number of hydrogen-bond acceptors (Lipinski definition) is 6. The zero-order valence-electron chi connectivity index (χ0n) is 22.7. The van der Waals surface area contributed by atoms with E-state index in [1.54, 1.807) is 19.1 Å². The first-order valence-corrected chi connectivity index (χ1v) is 14.2.